The van der Waals surface area contributed by atoms with Crippen molar-refractivity contribution in [3.05, 3.63) is 235 Å². The Hall–Kier alpha value is -7.23. The van der Waals surface area contributed by atoms with Crippen LogP contribution in [0.3, 0.4) is 0 Å². The summed E-state index contributed by atoms with van der Waals surface area (Å²) in [6.45, 7) is 0. The van der Waals surface area contributed by atoms with Gasteiger partial charge in [-0.2, -0.15) is 0 Å². The number of nitrogens with zero attached hydrogens (tertiary/aromatic N) is 3. The zero-order valence-electron chi connectivity index (χ0n) is 30.0. The molecule has 8 aromatic carbocycles. The van der Waals surface area contributed by atoms with Crippen molar-refractivity contribution in [2.45, 2.75) is 5.41 Å². The molecule has 0 saturated carbocycles. The molecule has 10 rings (SSSR count). The Balaban J connectivity index is 1.34. The summed E-state index contributed by atoms with van der Waals surface area (Å²) in [5.41, 5.74) is 14.1. The van der Waals surface area contributed by atoms with E-state index in [1.807, 2.05) is 36.4 Å². The molecule has 258 valence electrons. The fraction of sp³-hybridized carbons (Fsp3) is 0.0192. The molecule has 0 bridgehead atoms. The van der Waals surface area contributed by atoms with Gasteiger partial charge >= 0.3 is 0 Å². The van der Waals surface area contributed by atoms with Gasteiger partial charge in [0.05, 0.1) is 5.41 Å². The van der Waals surface area contributed by atoms with Crippen molar-refractivity contribution in [1.29, 1.82) is 0 Å². The van der Waals surface area contributed by atoms with Gasteiger partial charge < -0.3 is 0 Å². The molecule has 0 N–H and O–H groups in total. The minimum Gasteiger partial charge on any atom is -0.208 e. The van der Waals surface area contributed by atoms with E-state index >= 15 is 0 Å². The van der Waals surface area contributed by atoms with Crippen molar-refractivity contribution in [1.82, 2.24) is 15.0 Å². The van der Waals surface area contributed by atoms with Crippen LogP contribution in [0.5, 0.6) is 0 Å². The highest BCUT2D eigenvalue weighted by Gasteiger charge is 2.47. The van der Waals surface area contributed by atoms with Crippen molar-refractivity contribution >= 4 is 0 Å². The predicted molar refractivity (Wildman–Crippen MR) is 224 cm³/mol. The van der Waals surface area contributed by atoms with Gasteiger partial charge in [0, 0.05) is 22.3 Å². The summed E-state index contributed by atoms with van der Waals surface area (Å²) in [7, 11) is 0. The molecule has 1 aromatic heterocycles. The average molecular weight is 702 g/mol. The molecule has 3 heteroatoms. The average Bonchev–Trinajstić information content (AvgIpc) is 3.59. The third-order valence-electron chi connectivity index (χ3n) is 10.8. The Morgan fingerprint density at radius 2 is 0.673 bits per heavy atom. The number of hydrogen-bond donors (Lipinski definition) is 0. The van der Waals surface area contributed by atoms with Gasteiger partial charge in [0.2, 0.25) is 0 Å². The van der Waals surface area contributed by atoms with Crippen LogP contribution in [0.25, 0.3) is 67.5 Å². The van der Waals surface area contributed by atoms with Crippen LogP contribution in [0.1, 0.15) is 22.3 Å². The SMILES string of the molecule is c1ccc(-c2nc(-c3ccccc3)nc(-c3cccc(-c4ccccc4)c3-c3cccc4c3C(c3ccccc3)(c3ccccc3)c3ccccc3-4)n2)cc1. The van der Waals surface area contributed by atoms with Gasteiger partial charge in [0.15, 0.2) is 17.5 Å². The molecule has 1 heterocycles. The van der Waals surface area contributed by atoms with E-state index in [0.29, 0.717) is 17.5 Å². The number of hydrogen-bond acceptors (Lipinski definition) is 3. The standard InChI is InChI=1S/C52H35N3/c1-6-20-36(21-7-1)41-31-18-34-45(51-54-49(37-22-8-2-9-23-37)53-50(55-51)38-24-10-3-11-25-38)47(41)44-33-19-32-43-42-30-16-17-35-46(42)52(48(43)44,39-26-12-4-13-27-39)40-28-14-5-15-29-40/h1-35H. The molecule has 0 aliphatic heterocycles. The maximum atomic E-state index is 5.28. The van der Waals surface area contributed by atoms with E-state index in [2.05, 4.69) is 176 Å². The molecule has 0 spiro atoms. The van der Waals surface area contributed by atoms with Gasteiger partial charge in [-0.15, -0.1) is 0 Å². The van der Waals surface area contributed by atoms with Gasteiger partial charge in [0.1, 0.15) is 0 Å². The number of aromatic nitrogens is 3. The second kappa shape index (κ2) is 13.6. The lowest BCUT2D eigenvalue weighted by Crippen LogP contribution is -2.29. The third kappa shape index (κ3) is 5.40. The quantitative estimate of drug-likeness (QED) is 0.166. The van der Waals surface area contributed by atoms with Crippen molar-refractivity contribution in [3.63, 3.8) is 0 Å². The second-order valence-corrected chi connectivity index (χ2v) is 13.9. The zero-order chi connectivity index (χ0) is 36.6. The van der Waals surface area contributed by atoms with E-state index in [-0.39, 0.29) is 0 Å². The first-order valence-electron chi connectivity index (χ1n) is 18.7. The van der Waals surface area contributed by atoms with Crippen molar-refractivity contribution in [2.24, 2.45) is 0 Å². The largest absolute Gasteiger partial charge is 0.208 e. The van der Waals surface area contributed by atoms with Crippen LogP contribution in [0.2, 0.25) is 0 Å². The highest BCUT2D eigenvalue weighted by atomic mass is 15.0. The van der Waals surface area contributed by atoms with Crippen LogP contribution < -0.4 is 0 Å². The molecule has 1 aliphatic rings. The minimum absolute atomic E-state index is 0.602. The first kappa shape index (κ1) is 32.4. The van der Waals surface area contributed by atoms with Crippen LogP contribution in [0.15, 0.2) is 212 Å². The van der Waals surface area contributed by atoms with E-state index in [4.69, 9.17) is 15.0 Å². The Bertz CT molecular complexity index is 2690. The predicted octanol–water partition coefficient (Wildman–Crippen LogP) is 12.6. The van der Waals surface area contributed by atoms with Gasteiger partial charge in [0.25, 0.3) is 0 Å². The molecule has 0 saturated heterocycles. The van der Waals surface area contributed by atoms with E-state index in [0.717, 1.165) is 38.9 Å². The van der Waals surface area contributed by atoms with Crippen molar-refractivity contribution < 1.29 is 0 Å². The highest BCUT2D eigenvalue weighted by molar-refractivity contribution is 6.00. The van der Waals surface area contributed by atoms with Crippen LogP contribution in [0.4, 0.5) is 0 Å². The summed E-state index contributed by atoms with van der Waals surface area (Å²) in [6, 6.07) is 75.3. The van der Waals surface area contributed by atoms with E-state index < -0.39 is 5.41 Å². The molecular formula is C52H35N3. The lowest BCUT2D eigenvalue weighted by molar-refractivity contribution is 0.770. The molecule has 0 amide bonds. The molecule has 1 aliphatic carbocycles. The first-order valence-corrected chi connectivity index (χ1v) is 18.7. The lowest BCUT2D eigenvalue weighted by atomic mass is 9.65. The maximum Gasteiger partial charge on any atom is 0.164 e. The molecule has 9 aromatic rings. The molecule has 0 unspecified atom stereocenters. The summed E-state index contributed by atoms with van der Waals surface area (Å²) in [5, 5.41) is 0. The maximum absolute atomic E-state index is 5.28. The normalized spacial score (nSPS) is 12.5. The summed E-state index contributed by atoms with van der Waals surface area (Å²) in [5.74, 6) is 1.89. The Labute approximate surface area is 321 Å². The second-order valence-electron chi connectivity index (χ2n) is 13.9. The summed E-state index contributed by atoms with van der Waals surface area (Å²) in [4.78, 5) is 15.6. The Morgan fingerprint density at radius 1 is 0.273 bits per heavy atom. The molecule has 0 fully saturated rings. The molecule has 55 heavy (non-hydrogen) atoms. The van der Waals surface area contributed by atoms with Gasteiger partial charge in [-0.05, 0) is 50.1 Å². The highest BCUT2D eigenvalue weighted by Crippen LogP contribution is 2.59. The fourth-order valence-electron chi connectivity index (χ4n) is 8.53. The summed E-state index contributed by atoms with van der Waals surface area (Å²) < 4.78 is 0. The smallest absolute Gasteiger partial charge is 0.164 e. The Morgan fingerprint density at radius 3 is 1.24 bits per heavy atom. The summed E-state index contributed by atoms with van der Waals surface area (Å²) in [6.07, 6.45) is 0. The summed E-state index contributed by atoms with van der Waals surface area (Å²) >= 11 is 0. The zero-order valence-corrected chi connectivity index (χ0v) is 30.0. The first-order chi connectivity index (χ1) is 27.3. The Kier molecular flexibility index (Phi) is 8.04. The van der Waals surface area contributed by atoms with Crippen molar-refractivity contribution in [3.8, 4) is 67.5 Å². The number of rotatable bonds is 7. The van der Waals surface area contributed by atoms with Crippen LogP contribution >= 0.6 is 0 Å². The number of benzene rings is 8. The van der Waals surface area contributed by atoms with Crippen LogP contribution in [0, 0.1) is 0 Å². The van der Waals surface area contributed by atoms with Crippen molar-refractivity contribution in [2.75, 3.05) is 0 Å². The van der Waals surface area contributed by atoms with Gasteiger partial charge in [-0.1, -0.05) is 212 Å². The van der Waals surface area contributed by atoms with Crippen LogP contribution in [-0.4, -0.2) is 15.0 Å². The lowest BCUT2D eigenvalue weighted by Gasteiger charge is -2.35. The minimum atomic E-state index is -0.602. The molecular weight excluding hydrogens is 667 g/mol. The third-order valence-corrected chi connectivity index (χ3v) is 10.8. The van der Waals surface area contributed by atoms with Gasteiger partial charge in [-0.25, -0.2) is 15.0 Å². The fourth-order valence-corrected chi connectivity index (χ4v) is 8.53. The number of fused-ring (bicyclic) bond motifs is 3. The monoisotopic (exact) mass is 701 g/mol. The van der Waals surface area contributed by atoms with E-state index in [1.54, 1.807) is 0 Å². The molecule has 0 atom stereocenters. The molecule has 0 radical (unpaired) electrons. The topological polar surface area (TPSA) is 38.7 Å². The van der Waals surface area contributed by atoms with Crippen LogP contribution in [-0.2, 0) is 5.41 Å². The van der Waals surface area contributed by atoms with Gasteiger partial charge in [-0.3, -0.25) is 0 Å². The van der Waals surface area contributed by atoms with E-state index in [9.17, 15) is 0 Å². The van der Waals surface area contributed by atoms with E-state index in [1.165, 1.54) is 33.4 Å². The molecule has 3 nitrogen and oxygen atoms in total.